The largest absolute Gasteiger partial charge is 0.316 e. The molecule has 0 amide bonds. The van der Waals surface area contributed by atoms with E-state index in [4.69, 9.17) is 33.4 Å². The number of hydrogen-bond acceptors (Lipinski definition) is 9. The van der Waals surface area contributed by atoms with E-state index in [1.54, 1.807) is 43.4 Å². The Morgan fingerprint density at radius 3 is 1.61 bits per heavy atom. The number of nitrogens with zero attached hydrogens (tertiary/aromatic N) is 4. The van der Waals surface area contributed by atoms with Gasteiger partial charge in [-0.1, -0.05) is 56.3 Å². The predicted molar refractivity (Wildman–Crippen MR) is 226 cm³/mol. The molecule has 8 rings (SSSR count). The monoisotopic (exact) mass is 837 g/mol. The summed E-state index contributed by atoms with van der Waals surface area (Å²) in [7, 11) is 0. The van der Waals surface area contributed by atoms with Crippen molar-refractivity contribution in [2.24, 2.45) is 0 Å². The Morgan fingerprint density at radius 1 is 0.685 bits per heavy atom. The van der Waals surface area contributed by atoms with E-state index in [1.807, 2.05) is 45.8 Å². The van der Waals surface area contributed by atoms with Crippen molar-refractivity contribution < 1.29 is 9.59 Å². The highest BCUT2D eigenvalue weighted by Gasteiger charge is 2.34. The van der Waals surface area contributed by atoms with E-state index in [-0.39, 0.29) is 22.6 Å². The molecule has 1 aliphatic carbocycles. The van der Waals surface area contributed by atoms with Crippen LogP contribution in [0.3, 0.4) is 0 Å². The molecule has 7 heterocycles. The maximum Gasteiger partial charge on any atom is 0.279 e. The third-order valence-electron chi connectivity index (χ3n) is 10.8. The van der Waals surface area contributed by atoms with Crippen molar-refractivity contribution >= 4 is 80.4 Å². The number of thiophene rings is 4. The highest BCUT2D eigenvalue weighted by molar-refractivity contribution is 7.16. The van der Waals surface area contributed by atoms with Crippen LogP contribution in [0.5, 0.6) is 0 Å². The van der Waals surface area contributed by atoms with Crippen molar-refractivity contribution in [2.45, 2.75) is 95.3 Å². The van der Waals surface area contributed by atoms with E-state index in [2.05, 4.69) is 43.4 Å². The Bertz CT molecular complexity index is 2000. The summed E-state index contributed by atoms with van der Waals surface area (Å²) in [5.41, 5.74) is 5.52. The first kappa shape index (κ1) is 39.3. The van der Waals surface area contributed by atoms with Gasteiger partial charge < -0.3 is 5.32 Å². The lowest BCUT2D eigenvalue weighted by molar-refractivity contribution is 0.0932. The van der Waals surface area contributed by atoms with Gasteiger partial charge in [0.05, 0.1) is 31.2 Å². The number of hydrogen-bond donors (Lipinski definition) is 1. The second-order valence-electron chi connectivity index (χ2n) is 14.9. The fourth-order valence-corrected chi connectivity index (χ4v) is 10.9. The minimum absolute atomic E-state index is 0.0267. The number of carbonyl (C=O) groups is 2. The number of aromatic nitrogens is 4. The van der Waals surface area contributed by atoms with Crippen LogP contribution in [-0.4, -0.2) is 44.5 Å². The molecule has 1 saturated carbocycles. The van der Waals surface area contributed by atoms with E-state index < -0.39 is 0 Å². The molecule has 13 heteroatoms. The standard InChI is InChI=1S/C21H23ClN2OS2.C20H22ClN3OS2/c1-21(10-3-2-4-11-21)18-13-16(5-6-17-7-8-19(22)27-17)24(23-18)20(25)15-9-12-26-14-15;1-20(8-2-9-22-13-20)17-11-15(3-4-16-5-6-18(21)27-16)24(23-17)19(25)14-7-10-26-12-14/h7-9,12-14H,2-6,10-11H2,1H3;5-7,10-12,22H,2-4,8-9,13H2,1H3. The number of carbonyl (C=O) groups excluding carboxylic acids is 2. The summed E-state index contributed by atoms with van der Waals surface area (Å²) in [4.78, 5) is 28.5. The van der Waals surface area contributed by atoms with Crippen LogP contribution < -0.4 is 5.32 Å². The minimum Gasteiger partial charge on any atom is -0.316 e. The highest BCUT2D eigenvalue weighted by Crippen LogP contribution is 2.39. The van der Waals surface area contributed by atoms with Crippen molar-refractivity contribution in [2.75, 3.05) is 13.1 Å². The zero-order chi connectivity index (χ0) is 37.7. The van der Waals surface area contributed by atoms with E-state index >= 15 is 0 Å². The molecule has 0 aromatic carbocycles. The summed E-state index contributed by atoms with van der Waals surface area (Å²) in [6.07, 6.45) is 11.6. The lowest BCUT2D eigenvalue weighted by Gasteiger charge is -2.32. The number of nitrogens with one attached hydrogen (secondary N) is 1. The Kier molecular flexibility index (Phi) is 12.7. The zero-order valence-corrected chi connectivity index (χ0v) is 35.4. The first-order chi connectivity index (χ1) is 26.1. The Hall–Kier alpha value is -2.90. The second-order valence-corrected chi connectivity index (χ2v) is 20.0. The van der Waals surface area contributed by atoms with Crippen molar-refractivity contribution in [3.63, 3.8) is 0 Å². The topological polar surface area (TPSA) is 81.8 Å². The van der Waals surface area contributed by atoms with Gasteiger partial charge in [-0.25, -0.2) is 9.36 Å². The Labute approximate surface area is 343 Å². The minimum atomic E-state index is -0.0471. The Balaban J connectivity index is 0.000000167. The van der Waals surface area contributed by atoms with Crippen molar-refractivity contribution in [3.05, 3.63) is 122 Å². The Morgan fingerprint density at radius 2 is 1.19 bits per heavy atom. The van der Waals surface area contributed by atoms with E-state index in [0.29, 0.717) is 11.1 Å². The van der Waals surface area contributed by atoms with Crippen LogP contribution in [-0.2, 0) is 36.5 Å². The normalized spacial score (nSPS) is 18.3. The maximum atomic E-state index is 13.0. The van der Waals surface area contributed by atoms with Crippen molar-refractivity contribution in [1.29, 1.82) is 0 Å². The van der Waals surface area contributed by atoms with Gasteiger partial charge in [0, 0.05) is 49.3 Å². The van der Waals surface area contributed by atoms with E-state index in [9.17, 15) is 9.59 Å². The van der Waals surface area contributed by atoms with E-state index in [1.165, 1.54) is 40.4 Å². The zero-order valence-electron chi connectivity index (χ0n) is 30.6. The molecule has 1 aliphatic heterocycles. The number of piperidine rings is 1. The fraction of sp³-hybridized carbons (Fsp3) is 0.415. The maximum absolute atomic E-state index is 13.0. The quantitative estimate of drug-likeness (QED) is 0.149. The highest BCUT2D eigenvalue weighted by atomic mass is 35.5. The van der Waals surface area contributed by atoms with Crippen molar-refractivity contribution in [3.8, 4) is 0 Å². The molecule has 1 N–H and O–H groups in total. The smallest absolute Gasteiger partial charge is 0.279 e. The molecule has 0 radical (unpaired) electrons. The molecule has 54 heavy (non-hydrogen) atoms. The summed E-state index contributed by atoms with van der Waals surface area (Å²) in [5.74, 6) is -0.0739. The molecular formula is C41H45Cl2N5O2S4. The average molecular weight is 839 g/mol. The molecule has 1 unspecified atom stereocenters. The average Bonchev–Trinajstić information content (AvgIpc) is 4.02. The molecule has 2 aliphatic rings. The van der Waals surface area contributed by atoms with Crippen molar-refractivity contribution in [1.82, 2.24) is 24.9 Å². The van der Waals surface area contributed by atoms with Gasteiger partial charge in [-0.05, 0) is 117 Å². The number of halogens is 2. The molecule has 1 saturated heterocycles. The van der Waals surface area contributed by atoms with Gasteiger partial charge >= 0.3 is 0 Å². The first-order valence-corrected chi connectivity index (χ1v) is 22.9. The fourth-order valence-electron chi connectivity index (χ4n) is 7.49. The molecule has 284 valence electrons. The lowest BCUT2D eigenvalue weighted by atomic mass is 9.73. The summed E-state index contributed by atoms with van der Waals surface area (Å²) >= 11 is 18.4. The van der Waals surface area contributed by atoms with Gasteiger partial charge in [0.25, 0.3) is 11.8 Å². The number of aryl methyl sites for hydroxylation is 4. The van der Waals surface area contributed by atoms with Gasteiger partial charge in [0.15, 0.2) is 0 Å². The van der Waals surface area contributed by atoms with Crippen LogP contribution >= 0.6 is 68.5 Å². The van der Waals surface area contributed by atoms with Gasteiger partial charge in [0.1, 0.15) is 0 Å². The molecule has 6 aromatic heterocycles. The first-order valence-electron chi connectivity index (χ1n) is 18.6. The molecule has 1 atom stereocenters. The molecular weight excluding hydrogens is 794 g/mol. The van der Waals surface area contributed by atoms with Gasteiger partial charge in [-0.2, -0.15) is 32.9 Å². The second kappa shape index (κ2) is 17.5. The van der Waals surface area contributed by atoms with Crippen LogP contribution in [0.2, 0.25) is 8.67 Å². The van der Waals surface area contributed by atoms with Crippen LogP contribution in [0.4, 0.5) is 0 Å². The molecule has 0 spiro atoms. The molecule has 7 nitrogen and oxygen atoms in total. The summed E-state index contributed by atoms with van der Waals surface area (Å²) < 4.78 is 4.87. The van der Waals surface area contributed by atoms with E-state index in [0.717, 1.165) is 95.9 Å². The summed E-state index contributed by atoms with van der Waals surface area (Å²) in [6.45, 7) is 6.49. The van der Waals surface area contributed by atoms with Gasteiger partial charge in [-0.3, -0.25) is 9.59 Å². The predicted octanol–water partition coefficient (Wildman–Crippen LogP) is 11.1. The van der Waals surface area contributed by atoms with Crippen LogP contribution in [0.25, 0.3) is 0 Å². The lowest BCUT2D eigenvalue weighted by Crippen LogP contribution is -2.41. The van der Waals surface area contributed by atoms with Crippen LogP contribution in [0.1, 0.15) is 112 Å². The molecule has 2 fully saturated rings. The third-order valence-corrected chi connectivity index (χ3v) is 14.7. The summed E-state index contributed by atoms with van der Waals surface area (Å²) in [6, 6.07) is 16.0. The third kappa shape index (κ3) is 9.20. The van der Waals surface area contributed by atoms with Gasteiger partial charge in [-0.15, -0.1) is 22.7 Å². The van der Waals surface area contributed by atoms with Crippen LogP contribution in [0, 0.1) is 0 Å². The number of rotatable bonds is 10. The van der Waals surface area contributed by atoms with Crippen LogP contribution in [0.15, 0.2) is 70.1 Å². The molecule has 6 aromatic rings. The summed E-state index contributed by atoms with van der Waals surface area (Å²) in [5, 5.41) is 20.7. The molecule has 0 bridgehead atoms. The van der Waals surface area contributed by atoms with Gasteiger partial charge in [0.2, 0.25) is 0 Å². The SMILES string of the molecule is CC1(c2cc(CCc3ccc(Cl)s3)n(C(=O)c3ccsc3)n2)CCCCC1.CC1(c2cc(CCc3ccc(Cl)s3)n(C(=O)c3ccsc3)n2)CCCNC1.